The number of rotatable bonds is 5. The summed E-state index contributed by atoms with van der Waals surface area (Å²) < 4.78 is 5.09. The van der Waals surface area contributed by atoms with Crippen molar-refractivity contribution in [1.82, 2.24) is 4.90 Å². The number of halogens is 1. The molecule has 0 atom stereocenters. The highest BCUT2D eigenvalue weighted by molar-refractivity contribution is 6.32. The third-order valence-corrected chi connectivity index (χ3v) is 3.37. The van der Waals surface area contributed by atoms with Crippen LogP contribution in [0.2, 0.25) is 5.02 Å². The molecule has 0 unspecified atom stereocenters. The van der Waals surface area contributed by atoms with Crippen molar-refractivity contribution in [3.05, 3.63) is 23.2 Å². The second kappa shape index (κ2) is 6.63. The molecule has 2 rings (SSSR count). The van der Waals surface area contributed by atoms with Crippen LogP contribution in [0, 0.1) is 0 Å². The molecule has 0 spiro atoms. The van der Waals surface area contributed by atoms with E-state index in [4.69, 9.17) is 22.1 Å². The van der Waals surface area contributed by atoms with Gasteiger partial charge in [-0.2, -0.15) is 0 Å². The molecule has 5 nitrogen and oxygen atoms in total. The second-order valence-corrected chi connectivity index (χ2v) is 4.84. The first-order valence-electron chi connectivity index (χ1n) is 6.32. The van der Waals surface area contributed by atoms with Gasteiger partial charge in [0.05, 0.1) is 18.7 Å². The summed E-state index contributed by atoms with van der Waals surface area (Å²) in [6.45, 7) is 4.03. The van der Waals surface area contributed by atoms with Crippen LogP contribution >= 0.6 is 11.6 Å². The Labute approximate surface area is 118 Å². The predicted octanol–water partition coefficient (Wildman–Crippen LogP) is 1.78. The first-order valence-corrected chi connectivity index (χ1v) is 6.69. The molecule has 1 heterocycles. The predicted molar refractivity (Wildman–Crippen MR) is 79.2 cm³/mol. The number of nitrogens with two attached hydrogens (primary N) is 1. The first kappa shape index (κ1) is 14.0. The maximum atomic E-state index is 6.03. The summed E-state index contributed by atoms with van der Waals surface area (Å²) in [5.41, 5.74) is 6.62. The number of aliphatic imine (C=N–C) groups is 1. The van der Waals surface area contributed by atoms with E-state index < -0.39 is 0 Å². The number of guanidine groups is 1. The molecule has 1 saturated heterocycles. The zero-order chi connectivity index (χ0) is 13.7. The fourth-order valence-electron chi connectivity index (χ4n) is 1.85. The Morgan fingerprint density at radius 3 is 2.89 bits per heavy atom. The molecule has 1 aliphatic rings. The number of ether oxygens (including phenoxy) is 1. The van der Waals surface area contributed by atoms with Gasteiger partial charge in [-0.15, -0.1) is 0 Å². The molecule has 0 radical (unpaired) electrons. The molecule has 0 aliphatic carbocycles. The molecule has 0 amide bonds. The minimum Gasteiger partial charge on any atom is -0.495 e. The Bertz CT molecular complexity index is 460. The van der Waals surface area contributed by atoms with Gasteiger partial charge < -0.3 is 20.7 Å². The summed E-state index contributed by atoms with van der Waals surface area (Å²) >= 11 is 6.03. The average Bonchev–Trinajstić information content (AvgIpc) is 2.32. The standard InChI is InChI=1S/C13H19ClN4O/c1-19-12-4-3-10(9-11(12)14)17-13(15)16-5-8-18-6-2-7-18/h3-4,9H,2,5-8H2,1H3,(H3,15,16,17). The van der Waals surface area contributed by atoms with E-state index in [0.717, 1.165) is 12.2 Å². The van der Waals surface area contributed by atoms with Crippen LogP contribution in [0.15, 0.2) is 23.2 Å². The van der Waals surface area contributed by atoms with Gasteiger partial charge in [0.15, 0.2) is 5.96 Å². The molecular weight excluding hydrogens is 264 g/mol. The van der Waals surface area contributed by atoms with Gasteiger partial charge in [-0.25, -0.2) is 0 Å². The van der Waals surface area contributed by atoms with Crippen LogP contribution in [0.5, 0.6) is 5.75 Å². The highest BCUT2D eigenvalue weighted by Crippen LogP contribution is 2.26. The van der Waals surface area contributed by atoms with Crippen molar-refractivity contribution >= 4 is 23.2 Å². The smallest absolute Gasteiger partial charge is 0.193 e. The van der Waals surface area contributed by atoms with E-state index in [1.54, 1.807) is 19.2 Å². The van der Waals surface area contributed by atoms with Crippen molar-refractivity contribution in [2.24, 2.45) is 10.7 Å². The summed E-state index contributed by atoms with van der Waals surface area (Å²) in [5.74, 6) is 1.04. The number of methoxy groups -OCH3 is 1. The monoisotopic (exact) mass is 282 g/mol. The zero-order valence-electron chi connectivity index (χ0n) is 11.0. The highest BCUT2D eigenvalue weighted by atomic mass is 35.5. The van der Waals surface area contributed by atoms with Crippen LogP contribution in [-0.4, -0.2) is 44.1 Å². The largest absolute Gasteiger partial charge is 0.495 e. The Morgan fingerprint density at radius 1 is 1.53 bits per heavy atom. The normalized spacial score (nSPS) is 16.0. The van der Waals surface area contributed by atoms with Gasteiger partial charge in [0.1, 0.15) is 5.75 Å². The van der Waals surface area contributed by atoms with Crippen molar-refractivity contribution < 1.29 is 4.74 Å². The quantitative estimate of drug-likeness (QED) is 0.638. The molecule has 104 valence electrons. The van der Waals surface area contributed by atoms with Crippen LogP contribution in [0.4, 0.5) is 5.69 Å². The lowest BCUT2D eigenvalue weighted by Crippen LogP contribution is -2.39. The molecule has 6 heteroatoms. The summed E-state index contributed by atoms with van der Waals surface area (Å²) in [6.07, 6.45) is 1.29. The maximum Gasteiger partial charge on any atom is 0.193 e. The number of hydrogen-bond donors (Lipinski definition) is 2. The van der Waals surface area contributed by atoms with Crippen molar-refractivity contribution in [3.8, 4) is 5.75 Å². The molecule has 1 fully saturated rings. The molecule has 19 heavy (non-hydrogen) atoms. The average molecular weight is 283 g/mol. The number of hydrogen-bond acceptors (Lipinski definition) is 3. The van der Waals surface area contributed by atoms with Crippen molar-refractivity contribution in [1.29, 1.82) is 0 Å². The van der Waals surface area contributed by atoms with E-state index in [9.17, 15) is 0 Å². The third kappa shape index (κ3) is 4.01. The van der Waals surface area contributed by atoms with Gasteiger partial charge in [-0.1, -0.05) is 11.6 Å². The molecule has 1 aromatic carbocycles. The van der Waals surface area contributed by atoms with Gasteiger partial charge in [-0.3, -0.25) is 4.99 Å². The van der Waals surface area contributed by atoms with Crippen LogP contribution in [-0.2, 0) is 0 Å². The lowest BCUT2D eigenvalue weighted by molar-refractivity contribution is 0.187. The van der Waals surface area contributed by atoms with E-state index in [0.29, 0.717) is 23.3 Å². The first-order chi connectivity index (χ1) is 9.19. The van der Waals surface area contributed by atoms with E-state index in [2.05, 4.69) is 15.2 Å². The Morgan fingerprint density at radius 2 is 2.32 bits per heavy atom. The van der Waals surface area contributed by atoms with Gasteiger partial charge >= 0.3 is 0 Å². The molecular formula is C13H19ClN4O. The van der Waals surface area contributed by atoms with E-state index in [-0.39, 0.29) is 0 Å². The molecule has 1 aromatic rings. The maximum absolute atomic E-state index is 6.03. The Balaban J connectivity index is 1.84. The van der Waals surface area contributed by atoms with E-state index in [1.165, 1.54) is 19.5 Å². The molecule has 0 aromatic heterocycles. The lowest BCUT2D eigenvalue weighted by Gasteiger charge is -2.29. The number of anilines is 1. The Kier molecular flexibility index (Phi) is 4.87. The van der Waals surface area contributed by atoms with E-state index >= 15 is 0 Å². The van der Waals surface area contributed by atoms with Gasteiger partial charge in [0.2, 0.25) is 0 Å². The fourth-order valence-corrected chi connectivity index (χ4v) is 2.11. The van der Waals surface area contributed by atoms with Crippen molar-refractivity contribution in [2.75, 3.05) is 38.6 Å². The number of benzene rings is 1. The number of nitrogens with one attached hydrogen (secondary N) is 1. The molecule has 1 aliphatic heterocycles. The van der Waals surface area contributed by atoms with Gasteiger partial charge in [0, 0.05) is 12.2 Å². The van der Waals surface area contributed by atoms with Crippen LogP contribution in [0.3, 0.4) is 0 Å². The van der Waals surface area contributed by atoms with Crippen molar-refractivity contribution in [2.45, 2.75) is 6.42 Å². The van der Waals surface area contributed by atoms with Crippen LogP contribution in [0.25, 0.3) is 0 Å². The topological polar surface area (TPSA) is 62.9 Å². The summed E-state index contributed by atoms with van der Waals surface area (Å²) in [4.78, 5) is 6.63. The summed E-state index contributed by atoms with van der Waals surface area (Å²) in [7, 11) is 1.58. The lowest BCUT2D eigenvalue weighted by atomic mass is 10.2. The summed E-state index contributed by atoms with van der Waals surface area (Å²) in [6, 6.07) is 5.40. The molecule has 0 bridgehead atoms. The SMILES string of the molecule is COc1ccc(NC(N)=NCCN2CCC2)cc1Cl. The van der Waals surface area contributed by atoms with Crippen LogP contribution in [0.1, 0.15) is 6.42 Å². The fraction of sp³-hybridized carbons (Fsp3) is 0.462. The Hall–Kier alpha value is -1.46. The van der Waals surface area contributed by atoms with Gasteiger partial charge in [-0.05, 0) is 37.7 Å². The highest BCUT2D eigenvalue weighted by Gasteiger charge is 2.11. The second-order valence-electron chi connectivity index (χ2n) is 4.44. The minimum atomic E-state index is 0.404. The minimum absolute atomic E-state index is 0.404. The van der Waals surface area contributed by atoms with E-state index in [1.807, 2.05) is 6.07 Å². The third-order valence-electron chi connectivity index (χ3n) is 3.07. The van der Waals surface area contributed by atoms with Gasteiger partial charge in [0.25, 0.3) is 0 Å². The summed E-state index contributed by atoms with van der Waals surface area (Å²) in [5, 5.41) is 3.56. The molecule has 0 saturated carbocycles. The van der Waals surface area contributed by atoms with Crippen molar-refractivity contribution in [3.63, 3.8) is 0 Å². The molecule has 3 N–H and O–H groups in total. The number of nitrogens with zero attached hydrogens (tertiary/aromatic N) is 2. The zero-order valence-corrected chi connectivity index (χ0v) is 11.8. The number of likely N-dealkylation sites (tertiary alicyclic amines) is 1. The van der Waals surface area contributed by atoms with Crippen LogP contribution < -0.4 is 15.8 Å².